The largest absolute Gasteiger partial charge is 0.499 e. The second kappa shape index (κ2) is 6.56. The Bertz CT molecular complexity index is 744. The van der Waals surface area contributed by atoms with Crippen LogP contribution in [-0.2, 0) is 14.2 Å². The molecule has 1 heterocycles. The average molecular weight is 405 g/mol. The molecule has 4 aliphatic carbocycles. The molecule has 1 aliphatic heterocycles. The second-order valence-corrected chi connectivity index (χ2v) is 10.4. The maximum atomic E-state index is 12.3. The van der Waals surface area contributed by atoms with Crippen LogP contribution in [0.1, 0.15) is 65.2 Å². The molecule has 0 aromatic carbocycles. The summed E-state index contributed by atoms with van der Waals surface area (Å²) < 4.78 is 17.6. The van der Waals surface area contributed by atoms with E-state index in [2.05, 4.69) is 19.9 Å². The first-order chi connectivity index (χ1) is 13.8. The molecule has 0 aromatic heterocycles. The van der Waals surface area contributed by atoms with E-state index in [4.69, 9.17) is 14.2 Å². The van der Waals surface area contributed by atoms with Crippen LogP contribution in [0, 0.1) is 22.7 Å². The van der Waals surface area contributed by atoms with Gasteiger partial charge in [-0.3, -0.25) is 0 Å². The minimum atomic E-state index is -0.677. The first kappa shape index (κ1) is 20.0. The lowest BCUT2D eigenvalue weighted by atomic mass is 9.45. The van der Waals surface area contributed by atoms with E-state index >= 15 is 0 Å². The molecule has 5 heteroatoms. The van der Waals surface area contributed by atoms with Crippen LogP contribution >= 0.6 is 0 Å². The Labute approximate surface area is 174 Å². The van der Waals surface area contributed by atoms with Crippen LogP contribution in [0.5, 0.6) is 0 Å². The predicted octanol–water partition coefficient (Wildman–Crippen LogP) is 3.70. The lowest BCUT2D eigenvalue weighted by Gasteiger charge is -2.63. The zero-order chi connectivity index (χ0) is 20.5. The van der Waals surface area contributed by atoms with Gasteiger partial charge in [0.05, 0.1) is 25.9 Å². The predicted molar refractivity (Wildman–Crippen MR) is 109 cm³/mol. The molecule has 5 nitrogen and oxygen atoms in total. The van der Waals surface area contributed by atoms with Crippen molar-refractivity contribution >= 4 is 0 Å². The highest BCUT2D eigenvalue weighted by molar-refractivity contribution is 5.35. The number of fused-ring (bicyclic) bond motifs is 5. The molecule has 162 valence electrons. The van der Waals surface area contributed by atoms with Crippen molar-refractivity contribution in [2.45, 2.75) is 76.6 Å². The number of rotatable bonds is 2. The molecule has 0 radical (unpaired) electrons. The van der Waals surface area contributed by atoms with Crippen LogP contribution in [0.3, 0.4) is 0 Å². The molecule has 0 unspecified atom stereocenters. The summed E-state index contributed by atoms with van der Waals surface area (Å²) in [5, 5.41) is 22.1. The molecule has 0 aromatic rings. The lowest BCUT2D eigenvalue weighted by molar-refractivity contribution is -0.218. The summed E-state index contributed by atoms with van der Waals surface area (Å²) in [5.74, 6) is 0.977. The Morgan fingerprint density at radius 2 is 1.90 bits per heavy atom. The molecule has 2 N–H and O–H groups in total. The molecule has 0 amide bonds. The van der Waals surface area contributed by atoms with Gasteiger partial charge in [0.25, 0.3) is 0 Å². The van der Waals surface area contributed by atoms with E-state index in [1.165, 1.54) is 11.1 Å². The smallest absolute Gasteiger partial charge is 0.172 e. The van der Waals surface area contributed by atoms with Gasteiger partial charge in [-0.05, 0) is 61.3 Å². The van der Waals surface area contributed by atoms with E-state index in [1.54, 1.807) is 7.11 Å². The van der Waals surface area contributed by atoms with Gasteiger partial charge in [0.15, 0.2) is 5.79 Å². The fourth-order valence-electron chi connectivity index (χ4n) is 7.84. The summed E-state index contributed by atoms with van der Waals surface area (Å²) >= 11 is 0. The van der Waals surface area contributed by atoms with Crippen LogP contribution in [0.2, 0.25) is 0 Å². The van der Waals surface area contributed by atoms with Crippen molar-refractivity contribution in [1.82, 2.24) is 0 Å². The maximum Gasteiger partial charge on any atom is 0.172 e. The molecule has 5 atom stereocenters. The van der Waals surface area contributed by atoms with Gasteiger partial charge < -0.3 is 24.4 Å². The molecule has 3 saturated carbocycles. The van der Waals surface area contributed by atoms with E-state index < -0.39 is 11.4 Å². The summed E-state index contributed by atoms with van der Waals surface area (Å²) in [5.41, 5.74) is 1.76. The number of allylic oxidation sites excluding steroid dienone is 2. The second-order valence-electron chi connectivity index (χ2n) is 10.4. The van der Waals surface area contributed by atoms with Crippen molar-refractivity contribution in [1.29, 1.82) is 0 Å². The average Bonchev–Trinajstić information content (AvgIpc) is 3.30. The van der Waals surface area contributed by atoms with Crippen LogP contribution in [-0.4, -0.2) is 48.5 Å². The fourth-order valence-corrected chi connectivity index (χ4v) is 7.84. The molecule has 0 bridgehead atoms. The highest BCUT2D eigenvalue weighted by atomic mass is 16.7. The topological polar surface area (TPSA) is 68.2 Å². The number of ether oxygens (including phenoxy) is 3. The Morgan fingerprint density at radius 1 is 1.14 bits per heavy atom. The first-order valence-corrected chi connectivity index (χ1v) is 11.4. The van der Waals surface area contributed by atoms with Crippen molar-refractivity contribution < 1.29 is 24.4 Å². The Hall–Kier alpha value is -0.880. The molecule has 4 fully saturated rings. The normalized spacial score (nSPS) is 47.3. The SMILES string of the molecule is CO/C(CO)=C1/CC[C@H]2[C@@H]3CC=C4CC5(CC[C@]4(C)[C@@]3(O)CC[C@]12C)OCCO5. The van der Waals surface area contributed by atoms with Gasteiger partial charge in [0.1, 0.15) is 12.4 Å². The highest BCUT2D eigenvalue weighted by Gasteiger charge is 2.66. The van der Waals surface area contributed by atoms with Crippen molar-refractivity contribution in [2.24, 2.45) is 22.7 Å². The van der Waals surface area contributed by atoms with E-state index in [0.29, 0.717) is 19.1 Å². The van der Waals surface area contributed by atoms with Gasteiger partial charge in [-0.2, -0.15) is 0 Å². The van der Waals surface area contributed by atoms with Crippen molar-refractivity contribution in [3.8, 4) is 0 Å². The molecular formula is C24H36O5. The number of aliphatic hydroxyl groups excluding tert-OH is 1. The van der Waals surface area contributed by atoms with Gasteiger partial charge in [-0.25, -0.2) is 0 Å². The van der Waals surface area contributed by atoms with Crippen LogP contribution < -0.4 is 0 Å². The standard InChI is InChI=1S/C24H36O5/c1-21-8-11-24(26)18(17(21)6-7-19(21)20(15-25)27-3)5-4-16-14-23(28-12-13-29-23)10-9-22(16,24)2/h4,17-18,25-26H,5-15H2,1-3H3/b20-19-/t17-,18-,21-,22-,24+/m0/s1. The number of hydrogen-bond donors (Lipinski definition) is 2. The molecule has 1 saturated heterocycles. The van der Waals surface area contributed by atoms with Crippen LogP contribution in [0.25, 0.3) is 0 Å². The molecule has 1 spiro atoms. The first-order valence-electron chi connectivity index (χ1n) is 11.4. The number of hydrogen-bond acceptors (Lipinski definition) is 5. The third-order valence-corrected chi connectivity index (χ3v) is 9.63. The summed E-state index contributed by atoms with van der Waals surface area (Å²) in [6, 6.07) is 0. The van der Waals surface area contributed by atoms with Gasteiger partial charge in [0, 0.05) is 18.3 Å². The van der Waals surface area contributed by atoms with E-state index in [1.807, 2.05) is 0 Å². The van der Waals surface area contributed by atoms with Gasteiger partial charge >= 0.3 is 0 Å². The number of methoxy groups -OCH3 is 1. The van der Waals surface area contributed by atoms with Crippen molar-refractivity contribution in [3.05, 3.63) is 23.0 Å². The zero-order valence-electron chi connectivity index (χ0n) is 18.1. The summed E-state index contributed by atoms with van der Waals surface area (Å²) in [4.78, 5) is 0. The van der Waals surface area contributed by atoms with Crippen LogP contribution in [0.15, 0.2) is 23.0 Å². The van der Waals surface area contributed by atoms with Gasteiger partial charge in [-0.1, -0.05) is 25.5 Å². The minimum absolute atomic E-state index is 0.0141. The van der Waals surface area contributed by atoms with E-state index in [-0.39, 0.29) is 23.4 Å². The fraction of sp³-hybridized carbons (Fsp3) is 0.833. The zero-order valence-corrected chi connectivity index (χ0v) is 18.1. The Balaban J connectivity index is 1.50. The third kappa shape index (κ3) is 2.54. The van der Waals surface area contributed by atoms with Crippen molar-refractivity contribution in [2.75, 3.05) is 26.9 Å². The molecule has 5 aliphatic rings. The summed E-state index contributed by atoms with van der Waals surface area (Å²) in [7, 11) is 1.66. The molecule has 29 heavy (non-hydrogen) atoms. The summed E-state index contributed by atoms with van der Waals surface area (Å²) in [6.45, 7) is 5.95. The van der Waals surface area contributed by atoms with Crippen molar-refractivity contribution in [3.63, 3.8) is 0 Å². The van der Waals surface area contributed by atoms with Crippen LogP contribution in [0.4, 0.5) is 0 Å². The highest BCUT2D eigenvalue weighted by Crippen LogP contribution is 2.68. The molecular weight excluding hydrogens is 368 g/mol. The third-order valence-electron chi connectivity index (χ3n) is 9.63. The minimum Gasteiger partial charge on any atom is -0.499 e. The Kier molecular flexibility index (Phi) is 4.53. The van der Waals surface area contributed by atoms with E-state index in [9.17, 15) is 10.2 Å². The summed E-state index contributed by atoms with van der Waals surface area (Å²) in [6.07, 6.45) is 9.70. The molecule has 5 rings (SSSR count). The van der Waals surface area contributed by atoms with Gasteiger partial charge in [-0.15, -0.1) is 0 Å². The number of aliphatic hydroxyl groups is 2. The Morgan fingerprint density at radius 3 is 2.59 bits per heavy atom. The quantitative estimate of drug-likeness (QED) is 0.543. The maximum absolute atomic E-state index is 12.3. The van der Waals surface area contributed by atoms with E-state index in [0.717, 1.165) is 57.1 Å². The van der Waals surface area contributed by atoms with Gasteiger partial charge in [0.2, 0.25) is 0 Å². The monoisotopic (exact) mass is 404 g/mol. The lowest BCUT2D eigenvalue weighted by Crippen LogP contribution is -2.63.